The maximum atomic E-state index is 12.4. The largest absolute Gasteiger partial charge is 0.463 e. The van der Waals surface area contributed by atoms with Gasteiger partial charge in [-0.2, -0.15) is 0 Å². The molecule has 0 amide bonds. The fourth-order valence-corrected chi connectivity index (χ4v) is 3.98. The highest BCUT2D eigenvalue weighted by molar-refractivity contribution is 6.41. The van der Waals surface area contributed by atoms with E-state index in [9.17, 15) is 14.7 Å². The van der Waals surface area contributed by atoms with Crippen LogP contribution in [0.25, 0.3) is 11.1 Å². The lowest BCUT2D eigenvalue weighted by Crippen LogP contribution is -2.19. The van der Waals surface area contributed by atoms with Gasteiger partial charge in [-0.1, -0.05) is 55.5 Å². The van der Waals surface area contributed by atoms with E-state index in [0.29, 0.717) is 36.6 Å². The molecule has 3 rings (SSSR count). The van der Waals surface area contributed by atoms with Gasteiger partial charge in [-0.15, -0.1) is 0 Å². The number of hydrogen-bond donors (Lipinski definition) is 1. The zero-order valence-corrected chi connectivity index (χ0v) is 20.4. The number of aromatic nitrogens is 2. The molecule has 0 radical (unpaired) electrons. The van der Waals surface area contributed by atoms with Crippen LogP contribution in [0, 0.1) is 0 Å². The highest BCUT2D eigenvalue weighted by Gasteiger charge is 2.27. The molecule has 1 heterocycles. The molecule has 2 aromatic carbocycles. The van der Waals surface area contributed by atoms with Crippen LogP contribution in [0.3, 0.4) is 0 Å². The van der Waals surface area contributed by atoms with E-state index in [2.05, 4.69) is 9.30 Å². The van der Waals surface area contributed by atoms with Gasteiger partial charge < -0.3 is 19.1 Å². The summed E-state index contributed by atoms with van der Waals surface area (Å²) in [5.41, 5.74) is 3.41. The molecule has 0 spiro atoms. The molecule has 1 aromatic heterocycles. The van der Waals surface area contributed by atoms with Crippen molar-refractivity contribution in [1.82, 2.24) is 9.55 Å². The Morgan fingerprint density at radius 3 is 2.32 bits per heavy atom. The first-order valence-corrected chi connectivity index (χ1v) is 11.4. The van der Waals surface area contributed by atoms with Crippen LogP contribution in [0.15, 0.2) is 48.5 Å². The molecule has 0 aliphatic carbocycles. The smallest absolute Gasteiger partial charge is 0.379 e. The molecule has 3 aromatic rings. The second-order valence-electron chi connectivity index (χ2n) is 8.52. The summed E-state index contributed by atoms with van der Waals surface area (Å²) in [4.78, 5) is 28.9. The van der Waals surface area contributed by atoms with Crippen LogP contribution in [0.2, 0.25) is 0 Å². The topological polar surface area (TPSA) is 90.6 Å². The van der Waals surface area contributed by atoms with Crippen molar-refractivity contribution in [1.29, 1.82) is 0 Å². The van der Waals surface area contributed by atoms with Crippen LogP contribution in [0.5, 0.6) is 0 Å². The van der Waals surface area contributed by atoms with Gasteiger partial charge in [0.05, 0.1) is 12.8 Å². The first-order chi connectivity index (χ1) is 16.2. The van der Waals surface area contributed by atoms with Gasteiger partial charge in [0.25, 0.3) is 5.78 Å². The van der Waals surface area contributed by atoms with Crippen molar-refractivity contribution in [3.8, 4) is 11.1 Å². The summed E-state index contributed by atoms with van der Waals surface area (Å²) in [5.74, 6) is -0.789. The maximum absolute atomic E-state index is 12.4. The number of ether oxygens (including phenoxy) is 2. The molecule has 0 aliphatic heterocycles. The van der Waals surface area contributed by atoms with Crippen molar-refractivity contribution < 1.29 is 24.2 Å². The third kappa shape index (κ3) is 5.43. The number of carbonyl (C=O) groups is 2. The number of benzene rings is 2. The van der Waals surface area contributed by atoms with E-state index in [0.717, 1.165) is 29.1 Å². The molecule has 0 unspecified atom stereocenters. The van der Waals surface area contributed by atoms with E-state index in [4.69, 9.17) is 9.72 Å². The predicted octanol–water partition coefficient (Wildman–Crippen LogP) is 4.28. The molecule has 0 fully saturated rings. The Bertz CT molecular complexity index is 1160. The molecule has 0 aliphatic rings. The van der Waals surface area contributed by atoms with E-state index in [1.807, 2.05) is 50.2 Å². The highest BCUT2D eigenvalue weighted by Crippen LogP contribution is 2.28. The van der Waals surface area contributed by atoms with Gasteiger partial charge in [0.1, 0.15) is 18.0 Å². The van der Waals surface area contributed by atoms with Crippen LogP contribution in [0.4, 0.5) is 0 Å². The molecule has 34 heavy (non-hydrogen) atoms. The minimum absolute atomic E-state index is 0.304. The van der Waals surface area contributed by atoms with Gasteiger partial charge >= 0.3 is 5.97 Å². The number of ketones is 1. The number of nitrogens with zero attached hydrogens (tertiary/aromatic N) is 2. The number of hydrogen-bond acceptors (Lipinski definition) is 6. The van der Waals surface area contributed by atoms with Crippen LogP contribution in [-0.4, -0.2) is 40.1 Å². The van der Waals surface area contributed by atoms with Gasteiger partial charge in [0, 0.05) is 24.4 Å². The Balaban J connectivity index is 1.95. The number of imidazole rings is 1. The van der Waals surface area contributed by atoms with E-state index >= 15 is 0 Å². The Labute approximate surface area is 200 Å². The van der Waals surface area contributed by atoms with E-state index < -0.39 is 17.4 Å². The molecule has 7 nitrogen and oxygen atoms in total. The second-order valence-corrected chi connectivity index (χ2v) is 8.52. The van der Waals surface area contributed by atoms with Gasteiger partial charge in [-0.3, -0.25) is 4.79 Å². The first-order valence-electron chi connectivity index (χ1n) is 11.4. The Kier molecular flexibility index (Phi) is 8.02. The summed E-state index contributed by atoms with van der Waals surface area (Å²) in [5, 5.41) is 10.6. The van der Waals surface area contributed by atoms with Gasteiger partial charge in [0.15, 0.2) is 0 Å². The second kappa shape index (κ2) is 10.8. The zero-order valence-electron chi connectivity index (χ0n) is 20.4. The monoisotopic (exact) mass is 464 g/mol. The average Bonchev–Trinajstić information content (AvgIpc) is 3.19. The summed E-state index contributed by atoms with van der Waals surface area (Å²) in [6.07, 6.45) is 0.722. The zero-order chi connectivity index (χ0) is 24.9. The average molecular weight is 465 g/mol. The van der Waals surface area contributed by atoms with E-state index in [-0.39, 0.29) is 0 Å². The van der Waals surface area contributed by atoms with Crippen molar-refractivity contribution in [3.63, 3.8) is 0 Å². The maximum Gasteiger partial charge on any atom is 0.379 e. The van der Waals surface area contributed by atoms with E-state index in [1.165, 1.54) is 7.11 Å². The van der Waals surface area contributed by atoms with Gasteiger partial charge in [-0.25, -0.2) is 9.78 Å². The number of rotatable bonds is 10. The van der Waals surface area contributed by atoms with Crippen molar-refractivity contribution in [2.45, 2.75) is 52.9 Å². The molecule has 7 heteroatoms. The first kappa shape index (κ1) is 25.3. The minimum Gasteiger partial charge on any atom is -0.463 e. The van der Waals surface area contributed by atoms with Crippen LogP contribution in [0.1, 0.15) is 60.8 Å². The fourth-order valence-electron chi connectivity index (χ4n) is 3.98. The van der Waals surface area contributed by atoms with Crippen LogP contribution in [-0.2, 0) is 39.4 Å². The van der Waals surface area contributed by atoms with Crippen molar-refractivity contribution >= 4 is 11.8 Å². The van der Waals surface area contributed by atoms with Gasteiger partial charge in [-0.05, 0) is 43.9 Å². The molecule has 0 saturated carbocycles. The lowest BCUT2D eigenvalue weighted by atomic mass is 9.96. The number of aliphatic hydroxyl groups is 1. The Morgan fingerprint density at radius 2 is 1.74 bits per heavy atom. The lowest BCUT2D eigenvalue weighted by molar-refractivity contribution is -0.135. The molecule has 0 saturated heterocycles. The summed E-state index contributed by atoms with van der Waals surface area (Å²) in [6.45, 7) is 8.97. The number of methoxy groups -OCH3 is 1. The molecule has 0 atom stereocenters. The number of Topliss-reactive ketones (excluding diaryl/α,β-unsaturated/α-hetero) is 1. The third-order valence-electron chi connectivity index (χ3n) is 5.65. The van der Waals surface area contributed by atoms with Crippen LogP contribution < -0.4 is 0 Å². The standard InChI is InChI=1S/C27H32N2O5/c1-6-22-25(27(3,4)32)28-23(17-34-7-2)29(22)16-18-12-14-19(15-13-18)20-10-8-9-11-21(20)24(30)26(31)33-5/h8-15,32H,6-7,16-17H2,1-5H3. The molecule has 1 N–H and O–H groups in total. The summed E-state index contributed by atoms with van der Waals surface area (Å²) in [7, 11) is 1.20. The lowest BCUT2D eigenvalue weighted by Gasteiger charge is -2.18. The fraction of sp³-hybridized carbons (Fsp3) is 0.370. The third-order valence-corrected chi connectivity index (χ3v) is 5.65. The quantitative estimate of drug-likeness (QED) is 0.274. The molecule has 0 bridgehead atoms. The van der Waals surface area contributed by atoms with Crippen LogP contribution >= 0.6 is 0 Å². The Morgan fingerprint density at radius 1 is 1.06 bits per heavy atom. The summed E-state index contributed by atoms with van der Waals surface area (Å²) in [6, 6.07) is 14.8. The predicted molar refractivity (Wildman–Crippen MR) is 130 cm³/mol. The number of carbonyl (C=O) groups excluding carboxylic acids is 2. The summed E-state index contributed by atoms with van der Waals surface area (Å²) >= 11 is 0. The van der Waals surface area contributed by atoms with Crippen molar-refractivity contribution in [3.05, 3.63) is 76.9 Å². The van der Waals surface area contributed by atoms with Crippen molar-refractivity contribution in [2.75, 3.05) is 13.7 Å². The summed E-state index contributed by atoms with van der Waals surface area (Å²) < 4.78 is 12.3. The molecule has 180 valence electrons. The normalized spacial score (nSPS) is 11.5. The SMILES string of the molecule is CCOCc1nc(C(C)(C)O)c(CC)n1Cc1ccc(-c2ccccc2C(=O)C(=O)OC)cc1. The molecular formula is C27H32N2O5. The number of esters is 1. The van der Waals surface area contributed by atoms with Crippen molar-refractivity contribution in [2.24, 2.45) is 0 Å². The highest BCUT2D eigenvalue weighted by atomic mass is 16.5. The van der Waals surface area contributed by atoms with E-state index in [1.54, 1.807) is 26.0 Å². The molecular weight excluding hydrogens is 432 g/mol. The Hall–Kier alpha value is -3.29. The van der Waals surface area contributed by atoms with Gasteiger partial charge in [0.2, 0.25) is 0 Å². The minimum atomic E-state index is -1.06.